The van der Waals surface area contributed by atoms with Gasteiger partial charge < -0.3 is 9.64 Å². The number of thiocarbonyl (C=S) groups is 1. The molecule has 0 aliphatic carbocycles. The third-order valence-electron chi connectivity index (χ3n) is 5.91. The molecule has 2 amide bonds. The maximum Gasteiger partial charge on any atom is 0.337 e. The van der Waals surface area contributed by atoms with Gasteiger partial charge in [-0.3, -0.25) is 14.5 Å². The van der Waals surface area contributed by atoms with E-state index in [4.69, 9.17) is 17.0 Å². The van der Waals surface area contributed by atoms with E-state index in [9.17, 15) is 14.4 Å². The number of methoxy groups -OCH3 is 1. The van der Waals surface area contributed by atoms with Crippen molar-refractivity contribution in [1.82, 2.24) is 9.80 Å². The van der Waals surface area contributed by atoms with Crippen LogP contribution in [0.2, 0.25) is 0 Å². The van der Waals surface area contributed by atoms with Gasteiger partial charge in [0.25, 0.3) is 5.91 Å². The minimum Gasteiger partial charge on any atom is -0.465 e. The zero-order valence-electron chi connectivity index (χ0n) is 18.7. The molecule has 0 unspecified atom stereocenters. The predicted molar refractivity (Wildman–Crippen MR) is 131 cm³/mol. The molecule has 8 heteroatoms. The lowest BCUT2D eigenvalue weighted by Gasteiger charge is -2.30. The van der Waals surface area contributed by atoms with Crippen molar-refractivity contribution in [3.63, 3.8) is 0 Å². The second-order valence-corrected chi connectivity index (χ2v) is 10.00. The Labute approximate surface area is 199 Å². The van der Waals surface area contributed by atoms with E-state index in [1.54, 1.807) is 35.2 Å². The van der Waals surface area contributed by atoms with E-state index >= 15 is 0 Å². The Morgan fingerprint density at radius 1 is 1.16 bits per heavy atom. The number of piperidine rings is 1. The van der Waals surface area contributed by atoms with Gasteiger partial charge >= 0.3 is 5.97 Å². The summed E-state index contributed by atoms with van der Waals surface area (Å²) < 4.78 is 5.26. The molecule has 0 atom stereocenters. The lowest BCUT2D eigenvalue weighted by molar-refractivity contribution is -0.132. The van der Waals surface area contributed by atoms with Gasteiger partial charge in [-0.2, -0.15) is 0 Å². The highest BCUT2D eigenvalue weighted by atomic mass is 32.2. The zero-order valence-corrected chi connectivity index (χ0v) is 20.3. The molecule has 6 nitrogen and oxygen atoms in total. The van der Waals surface area contributed by atoms with Crippen molar-refractivity contribution in [3.05, 3.63) is 40.3 Å². The van der Waals surface area contributed by atoms with Gasteiger partial charge in [0.15, 0.2) is 0 Å². The first-order valence-electron chi connectivity index (χ1n) is 11.1. The normalized spacial score (nSPS) is 18.5. The highest BCUT2D eigenvalue weighted by molar-refractivity contribution is 8.26. The number of unbranched alkanes of at least 4 members (excludes halogenated alkanes) is 2. The number of nitrogens with zero attached hydrogens (tertiary/aromatic N) is 2. The summed E-state index contributed by atoms with van der Waals surface area (Å²) in [6, 6.07) is 6.89. The van der Waals surface area contributed by atoms with E-state index in [1.807, 2.05) is 4.90 Å². The second-order valence-electron chi connectivity index (χ2n) is 8.32. The molecule has 0 radical (unpaired) electrons. The van der Waals surface area contributed by atoms with Gasteiger partial charge in [-0.15, -0.1) is 0 Å². The second kappa shape index (κ2) is 11.6. The fourth-order valence-electron chi connectivity index (χ4n) is 3.82. The highest BCUT2D eigenvalue weighted by Gasteiger charge is 2.31. The first-order chi connectivity index (χ1) is 15.4. The summed E-state index contributed by atoms with van der Waals surface area (Å²) in [5.41, 5.74) is 1.29. The summed E-state index contributed by atoms with van der Waals surface area (Å²) >= 11 is 6.70. The van der Waals surface area contributed by atoms with Crippen molar-refractivity contribution in [2.75, 3.05) is 26.7 Å². The molecule has 0 aromatic heterocycles. The van der Waals surface area contributed by atoms with Gasteiger partial charge in [-0.25, -0.2) is 4.79 Å². The first-order valence-corrected chi connectivity index (χ1v) is 12.3. The Morgan fingerprint density at radius 3 is 2.50 bits per heavy atom. The SMILES string of the molecule is COC(=O)c1ccc(C=C2SC(=S)N(CCCCCC(=O)N3CCC(C)CC3)C2=O)cc1. The van der Waals surface area contributed by atoms with Crippen LogP contribution in [0.25, 0.3) is 6.08 Å². The zero-order chi connectivity index (χ0) is 23.1. The molecule has 2 aliphatic heterocycles. The van der Waals surface area contributed by atoms with Crippen LogP contribution in [-0.2, 0) is 14.3 Å². The number of hydrogen-bond acceptors (Lipinski definition) is 6. The van der Waals surface area contributed by atoms with Crippen LogP contribution < -0.4 is 0 Å². The van der Waals surface area contributed by atoms with Gasteiger partial charge in [0.2, 0.25) is 5.91 Å². The molecule has 3 rings (SSSR count). The van der Waals surface area contributed by atoms with Crippen molar-refractivity contribution in [3.8, 4) is 0 Å². The van der Waals surface area contributed by atoms with Crippen LogP contribution >= 0.6 is 24.0 Å². The topological polar surface area (TPSA) is 66.9 Å². The Morgan fingerprint density at radius 2 is 1.84 bits per heavy atom. The van der Waals surface area contributed by atoms with Gasteiger partial charge in [0.1, 0.15) is 4.32 Å². The number of carbonyl (C=O) groups is 3. The number of hydrogen-bond donors (Lipinski definition) is 0. The summed E-state index contributed by atoms with van der Waals surface area (Å²) in [6.07, 6.45) is 7.11. The smallest absolute Gasteiger partial charge is 0.337 e. The van der Waals surface area contributed by atoms with Crippen molar-refractivity contribution >= 4 is 52.2 Å². The number of ether oxygens (including phenoxy) is 1. The molecular formula is C24H30N2O4S2. The number of amides is 2. The maximum atomic E-state index is 12.8. The van der Waals surface area contributed by atoms with Crippen LogP contribution in [0.15, 0.2) is 29.2 Å². The van der Waals surface area contributed by atoms with E-state index in [0.29, 0.717) is 27.8 Å². The van der Waals surface area contributed by atoms with E-state index < -0.39 is 5.97 Å². The minimum atomic E-state index is -0.393. The molecule has 0 N–H and O–H groups in total. The number of benzene rings is 1. The summed E-state index contributed by atoms with van der Waals surface area (Å²) in [6.45, 7) is 4.58. The maximum absolute atomic E-state index is 12.8. The monoisotopic (exact) mass is 474 g/mol. The van der Waals surface area contributed by atoms with Gasteiger partial charge in [0, 0.05) is 26.1 Å². The Hall–Kier alpha value is -2.19. The molecule has 32 heavy (non-hydrogen) atoms. The van der Waals surface area contributed by atoms with Crippen LogP contribution in [0.3, 0.4) is 0 Å². The van der Waals surface area contributed by atoms with Crippen LogP contribution in [-0.4, -0.2) is 58.6 Å². The number of carbonyl (C=O) groups excluding carboxylic acids is 3. The van der Waals surface area contributed by atoms with Crippen LogP contribution in [0.4, 0.5) is 0 Å². The summed E-state index contributed by atoms with van der Waals surface area (Å²) in [5, 5.41) is 0. The van der Waals surface area contributed by atoms with Crippen molar-refractivity contribution in [2.45, 2.75) is 45.4 Å². The Kier molecular flexibility index (Phi) is 8.87. The molecule has 1 aromatic rings. The van der Waals surface area contributed by atoms with Crippen molar-refractivity contribution in [2.24, 2.45) is 5.92 Å². The summed E-state index contributed by atoms with van der Waals surface area (Å²) in [7, 11) is 1.34. The van der Waals surface area contributed by atoms with E-state index in [-0.39, 0.29) is 11.8 Å². The fourth-order valence-corrected chi connectivity index (χ4v) is 5.13. The third-order valence-corrected chi connectivity index (χ3v) is 7.29. The molecule has 0 saturated carbocycles. The van der Waals surface area contributed by atoms with E-state index in [2.05, 4.69) is 6.92 Å². The molecule has 2 heterocycles. The molecule has 172 valence electrons. The fraction of sp³-hybridized carbons (Fsp3) is 0.500. The molecule has 1 aromatic carbocycles. The first kappa shape index (κ1) is 24.5. The average molecular weight is 475 g/mol. The summed E-state index contributed by atoms with van der Waals surface area (Å²) in [4.78, 5) is 40.8. The van der Waals surface area contributed by atoms with Crippen LogP contribution in [0.5, 0.6) is 0 Å². The van der Waals surface area contributed by atoms with Crippen LogP contribution in [0, 0.1) is 5.92 Å². The Bertz CT molecular complexity index is 890. The van der Waals surface area contributed by atoms with Crippen molar-refractivity contribution in [1.29, 1.82) is 0 Å². The third kappa shape index (κ3) is 6.42. The van der Waals surface area contributed by atoms with Crippen LogP contribution in [0.1, 0.15) is 61.4 Å². The summed E-state index contributed by atoms with van der Waals surface area (Å²) in [5.74, 6) is 0.492. The minimum absolute atomic E-state index is 0.0874. The number of likely N-dealkylation sites (tertiary alicyclic amines) is 1. The quantitative estimate of drug-likeness (QED) is 0.239. The molecule has 0 spiro atoms. The van der Waals surface area contributed by atoms with E-state index in [1.165, 1.54) is 18.9 Å². The van der Waals surface area contributed by atoms with Gasteiger partial charge in [-0.1, -0.05) is 49.5 Å². The number of rotatable bonds is 8. The van der Waals surface area contributed by atoms with E-state index in [0.717, 1.165) is 56.7 Å². The van der Waals surface area contributed by atoms with Gasteiger partial charge in [-0.05, 0) is 55.4 Å². The van der Waals surface area contributed by atoms with Crippen molar-refractivity contribution < 1.29 is 19.1 Å². The molecule has 2 fully saturated rings. The largest absolute Gasteiger partial charge is 0.465 e. The molecule has 2 aliphatic rings. The standard InChI is InChI=1S/C24H30N2O4S2/c1-17-11-14-25(15-12-17)21(27)6-4-3-5-13-26-22(28)20(32-24(26)31)16-18-7-9-19(10-8-18)23(29)30-2/h7-10,16-17H,3-6,11-15H2,1-2H3. The molecular weight excluding hydrogens is 444 g/mol. The molecule has 0 bridgehead atoms. The predicted octanol–water partition coefficient (Wildman–Crippen LogP) is 4.49. The lowest BCUT2D eigenvalue weighted by atomic mass is 9.99. The molecule has 2 saturated heterocycles. The Balaban J connectivity index is 1.43. The number of esters is 1. The average Bonchev–Trinajstić information content (AvgIpc) is 3.06. The number of thioether (sulfide) groups is 1. The van der Waals surface area contributed by atoms with Gasteiger partial charge in [0.05, 0.1) is 17.6 Å². The highest BCUT2D eigenvalue weighted by Crippen LogP contribution is 2.32. The lowest BCUT2D eigenvalue weighted by Crippen LogP contribution is -2.37.